The number of rotatable bonds is 4. The lowest BCUT2D eigenvalue weighted by Gasteiger charge is -2.58. The molecule has 2 fully saturated rings. The van der Waals surface area contributed by atoms with Gasteiger partial charge in [-0.25, -0.2) is 12.7 Å². The Morgan fingerprint density at radius 3 is 2.57 bits per heavy atom. The lowest BCUT2D eigenvalue weighted by atomic mass is 9.61. The third kappa shape index (κ3) is 2.66. The van der Waals surface area contributed by atoms with Crippen molar-refractivity contribution >= 4 is 15.7 Å². The smallest absolute Gasteiger partial charge is 0.216 e. The Morgan fingerprint density at radius 2 is 2.00 bits per heavy atom. The van der Waals surface area contributed by atoms with Gasteiger partial charge in [-0.2, -0.15) is 0 Å². The second kappa shape index (κ2) is 4.95. The third-order valence-electron chi connectivity index (χ3n) is 4.58. The van der Waals surface area contributed by atoms with Crippen LogP contribution < -0.4 is 5.32 Å². The van der Waals surface area contributed by atoms with Crippen LogP contribution in [0.5, 0.6) is 0 Å². The minimum absolute atomic E-state index is 0.219. The molecule has 1 N–H and O–H groups in total. The van der Waals surface area contributed by atoms with Crippen LogP contribution in [-0.4, -0.2) is 42.1 Å². The lowest BCUT2D eigenvalue weighted by molar-refractivity contribution is -0.0176. The maximum Gasteiger partial charge on any atom is 0.216 e. The topological polar surface area (TPSA) is 62.3 Å². The standard InChI is InChI=1S/C15H23N3O2S/c1-11(2)21(19,20)18-9-15(10-18)5-14(6-15)17-13-4-12(3)7-16-8-13/h4,7-8,11,14,17H,5-6,9-10H2,1-3H3. The molecule has 1 aliphatic carbocycles. The van der Waals surface area contributed by atoms with Crippen LogP contribution in [0.2, 0.25) is 0 Å². The van der Waals surface area contributed by atoms with Crippen LogP contribution in [0, 0.1) is 12.3 Å². The predicted molar refractivity (Wildman–Crippen MR) is 83.7 cm³/mol. The molecule has 1 saturated carbocycles. The summed E-state index contributed by atoms with van der Waals surface area (Å²) in [7, 11) is -3.07. The summed E-state index contributed by atoms with van der Waals surface area (Å²) < 4.78 is 25.7. The summed E-state index contributed by atoms with van der Waals surface area (Å²) in [4.78, 5) is 4.18. The minimum Gasteiger partial charge on any atom is -0.381 e. The first-order valence-corrected chi connectivity index (χ1v) is 8.98. The first kappa shape index (κ1) is 14.8. The Morgan fingerprint density at radius 1 is 1.33 bits per heavy atom. The number of pyridine rings is 1. The highest BCUT2D eigenvalue weighted by Crippen LogP contribution is 2.50. The first-order chi connectivity index (χ1) is 9.81. The van der Waals surface area contributed by atoms with Gasteiger partial charge >= 0.3 is 0 Å². The first-order valence-electron chi connectivity index (χ1n) is 7.48. The molecular formula is C15H23N3O2S. The van der Waals surface area contributed by atoms with Crippen LogP contribution in [0.3, 0.4) is 0 Å². The van der Waals surface area contributed by atoms with Crippen molar-refractivity contribution in [2.24, 2.45) is 5.41 Å². The molecule has 21 heavy (non-hydrogen) atoms. The van der Waals surface area contributed by atoms with Gasteiger partial charge in [0.05, 0.1) is 10.9 Å². The summed E-state index contributed by atoms with van der Waals surface area (Å²) >= 11 is 0. The molecule has 1 aliphatic heterocycles. The fourth-order valence-corrected chi connectivity index (χ4v) is 4.90. The average molecular weight is 309 g/mol. The summed E-state index contributed by atoms with van der Waals surface area (Å²) in [6.45, 7) is 6.91. The Balaban J connectivity index is 1.52. The van der Waals surface area contributed by atoms with Gasteiger partial charge in [0, 0.05) is 36.9 Å². The van der Waals surface area contributed by atoms with Crippen molar-refractivity contribution in [3.63, 3.8) is 0 Å². The van der Waals surface area contributed by atoms with E-state index in [1.54, 1.807) is 18.2 Å². The van der Waals surface area contributed by atoms with E-state index in [0.717, 1.165) is 24.1 Å². The zero-order chi connectivity index (χ0) is 15.3. The highest BCUT2D eigenvalue weighted by Gasteiger charge is 2.55. The summed E-state index contributed by atoms with van der Waals surface area (Å²) in [6, 6.07) is 2.53. The Kier molecular flexibility index (Phi) is 3.48. The lowest BCUT2D eigenvalue weighted by Crippen LogP contribution is -2.66. The number of nitrogens with zero attached hydrogens (tertiary/aromatic N) is 2. The van der Waals surface area contributed by atoms with Gasteiger partial charge in [-0.15, -0.1) is 0 Å². The summed E-state index contributed by atoms with van der Waals surface area (Å²) in [5, 5.41) is 3.17. The molecule has 2 heterocycles. The second-order valence-corrected chi connectivity index (χ2v) is 9.35. The molecule has 2 aliphatic rings. The van der Waals surface area contributed by atoms with E-state index >= 15 is 0 Å². The van der Waals surface area contributed by atoms with Crippen molar-refractivity contribution in [2.45, 2.75) is 44.9 Å². The molecule has 1 spiro atoms. The number of nitrogens with one attached hydrogen (secondary N) is 1. The van der Waals surface area contributed by atoms with Gasteiger partial charge in [-0.3, -0.25) is 4.98 Å². The predicted octanol–water partition coefficient (Wildman–Crippen LogP) is 2.00. The molecule has 3 rings (SSSR count). The molecule has 0 aromatic carbocycles. The summed E-state index contributed by atoms with van der Waals surface area (Å²) in [5.74, 6) is 0. The van der Waals surface area contributed by atoms with E-state index in [2.05, 4.69) is 16.4 Å². The van der Waals surface area contributed by atoms with Gasteiger partial charge in [0.1, 0.15) is 0 Å². The van der Waals surface area contributed by atoms with Crippen molar-refractivity contribution in [3.8, 4) is 0 Å². The van der Waals surface area contributed by atoms with Crippen LogP contribution in [0.15, 0.2) is 18.5 Å². The highest BCUT2D eigenvalue weighted by atomic mass is 32.2. The zero-order valence-electron chi connectivity index (χ0n) is 12.8. The van der Waals surface area contributed by atoms with Gasteiger partial charge in [0.2, 0.25) is 10.0 Å². The molecule has 1 aromatic rings. The zero-order valence-corrected chi connectivity index (χ0v) is 13.7. The van der Waals surface area contributed by atoms with Crippen molar-refractivity contribution in [3.05, 3.63) is 24.0 Å². The van der Waals surface area contributed by atoms with Crippen molar-refractivity contribution in [1.29, 1.82) is 0 Å². The molecule has 0 bridgehead atoms. The Labute approximate surface area is 126 Å². The summed E-state index contributed by atoms with van der Waals surface area (Å²) in [5.41, 5.74) is 2.42. The molecule has 0 unspecified atom stereocenters. The molecule has 1 aromatic heterocycles. The summed E-state index contributed by atoms with van der Waals surface area (Å²) in [6.07, 6.45) is 5.78. The molecule has 5 nitrogen and oxygen atoms in total. The molecule has 0 atom stereocenters. The van der Waals surface area contributed by atoms with Crippen LogP contribution in [0.25, 0.3) is 0 Å². The molecule has 0 amide bonds. The highest BCUT2D eigenvalue weighted by molar-refractivity contribution is 7.89. The van der Waals surface area contributed by atoms with Gasteiger partial charge in [0.15, 0.2) is 0 Å². The third-order valence-corrected chi connectivity index (χ3v) is 6.75. The normalized spacial score (nSPS) is 22.1. The van der Waals surface area contributed by atoms with Crippen LogP contribution in [-0.2, 0) is 10.0 Å². The van der Waals surface area contributed by atoms with Crippen LogP contribution in [0.1, 0.15) is 32.3 Å². The number of anilines is 1. The van der Waals surface area contributed by atoms with Gasteiger partial charge in [0.25, 0.3) is 0 Å². The number of aromatic nitrogens is 1. The maximum atomic E-state index is 12.1. The van der Waals surface area contributed by atoms with E-state index in [0.29, 0.717) is 19.1 Å². The Hall–Kier alpha value is -1.14. The fourth-order valence-electron chi connectivity index (χ4n) is 3.40. The van der Waals surface area contributed by atoms with Crippen molar-refractivity contribution in [2.75, 3.05) is 18.4 Å². The molecule has 6 heteroatoms. The van der Waals surface area contributed by atoms with Crippen LogP contribution >= 0.6 is 0 Å². The molecule has 1 saturated heterocycles. The van der Waals surface area contributed by atoms with E-state index in [1.165, 1.54) is 0 Å². The van der Waals surface area contributed by atoms with Crippen LogP contribution in [0.4, 0.5) is 5.69 Å². The van der Waals surface area contributed by atoms with Gasteiger partial charge in [-0.1, -0.05) is 0 Å². The van der Waals surface area contributed by atoms with E-state index in [-0.39, 0.29) is 10.7 Å². The second-order valence-electron chi connectivity index (χ2n) is 6.86. The van der Waals surface area contributed by atoms with Crippen molar-refractivity contribution < 1.29 is 8.42 Å². The quantitative estimate of drug-likeness (QED) is 0.924. The molecular weight excluding hydrogens is 286 g/mol. The number of aryl methyl sites for hydroxylation is 1. The van der Waals surface area contributed by atoms with Crippen molar-refractivity contribution in [1.82, 2.24) is 9.29 Å². The number of hydrogen-bond donors (Lipinski definition) is 1. The fraction of sp³-hybridized carbons (Fsp3) is 0.667. The maximum absolute atomic E-state index is 12.1. The molecule has 0 radical (unpaired) electrons. The minimum atomic E-state index is -3.07. The van der Waals surface area contributed by atoms with E-state index in [4.69, 9.17) is 0 Å². The van der Waals surface area contributed by atoms with Gasteiger partial charge in [-0.05, 0) is 45.2 Å². The Bertz CT molecular complexity index is 628. The molecule has 116 valence electrons. The van der Waals surface area contributed by atoms with E-state index < -0.39 is 10.0 Å². The SMILES string of the molecule is Cc1cncc(NC2CC3(C2)CN(S(=O)(=O)C(C)C)C3)c1. The average Bonchev–Trinajstić information content (AvgIpc) is 2.30. The van der Waals surface area contributed by atoms with E-state index in [9.17, 15) is 8.42 Å². The number of hydrogen-bond acceptors (Lipinski definition) is 4. The largest absolute Gasteiger partial charge is 0.381 e. The number of sulfonamides is 1. The van der Waals surface area contributed by atoms with Gasteiger partial charge < -0.3 is 5.32 Å². The van der Waals surface area contributed by atoms with E-state index in [1.807, 2.05) is 19.3 Å². The monoisotopic (exact) mass is 309 g/mol.